The number of amides is 1. The van der Waals surface area contributed by atoms with Gasteiger partial charge >= 0.3 is 12.1 Å². The van der Waals surface area contributed by atoms with E-state index in [9.17, 15) is 9.59 Å². The number of carboxylic acids is 1. The Morgan fingerprint density at radius 1 is 1.40 bits per heavy atom. The van der Waals surface area contributed by atoms with Crippen molar-refractivity contribution in [2.45, 2.75) is 64.6 Å². The number of hydrogen-bond acceptors (Lipinski definition) is 4. The van der Waals surface area contributed by atoms with Gasteiger partial charge in [-0.2, -0.15) is 0 Å². The topological polar surface area (TPSA) is 92.9 Å². The molecule has 0 aromatic heterocycles. The van der Waals surface area contributed by atoms with Crippen molar-refractivity contribution < 1.29 is 19.4 Å². The molecule has 0 saturated carbocycles. The van der Waals surface area contributed by atoms with E-state index >= 15 is 0 Å². The van der Waals surface area contributed by atoms with Crippen LogP contribution >= 0.6 is 0 Å². The molecule has 1 amide bonds. The van der Waals surface area contributed by atoms with Crippen LogP contribution in [0.15, 0.2) is 0 Å². The monoisotopic (exact) mass is 286 g/mol. The highest BCUT2D eigenvalue weighted by Crippen LogP contribution is 2.34. The molecule has 0 radical (unpaired) electrons. The van der Waals surface area contributed by atoms with Gasteiger partial charge in [-0.15, -0.1) is 0 Å². The summed E-state index contributed by atoms with van der Waals surface area (Å²) in [4.78, 5) is 24.8. The Bertz CT molecular complexity index is 387. The maximum absolute atomic E-state index is 12.2. The number of nitrogens with zero attached hydrogens (tertiary/aromatic N) is 1. The summed E-state index contributed by atoms with van der Waals surface area (Å²) >= 11 is 0. The zero-order chi connectivity index (χ0) is 15.7. The van der Waals surface area contributed by atoms with Gasteiger partial charge in [-0.1, -0.05) is 0 Å². The van der Waals surface area contributed by atoms with Crippen LogP contribution in [0.1, 0.15) is 47.5 Å². The number of ether oxygens (including phenoxy) is 1. The van der Waals surface area contributed by atoms with Crippen molar-refractivity contribution in [1.82, 2.24) is 4.90 Å². The van der Waals surface area contributed by atoms with Crippen molar-refractivity contribution in [3.63, 3.8) is 0 Å². The molecule has 1 saturated heterocycles. The molecule has 0 spiro atoms. The second-order valence-corrected chi connectivity index (χ2v) is 7.06. The molecule has 0 bridgehead atoms. The van der Waals surface area contributed by atoms with Gasteiger partial charge in [0.2, 0.25) is 0 Å². The van der Waals surface area contributed by atoms with Crippen LogP contribution in [0.5, 0.6) is 0 Å². The lowest BCUT2D eigenvalue weighted by Crippen LogP contribution is -2.57. The van der Waals surface area contributed by atoms with E-state index in [0.717, 1.165) is 0 Å². The van der Waals surface area contributed by atoms with E-state index in [2.05, 4.69) is 0 Å². The maximum atomic E-state index is 12.2. The van der Waals surface area contributed by atoms with Crippen LogP contribution in [0, 0.1) is 5.92 Å². The van der Waals surface area contributed by atoms with E-state index in [-0.39, 0.29) is 12.0 Å². The fourth-order valence-electron chi connectivity index (χ4n) is 2.62. The van der Waals surface area contributed by atoms with Gasteiger partial charge in [0, 0.05) is 12.1 Å². The summed E-state index contributed by atoms with van der Waals surface area (Å²) in [6.07, 6.45) is 0.778. The molecule has 0 aromatic carbocycles. The molecule has 1 fully saturated rings. The van der Waals surface area contributed by atoms with Crippen molar-refractivity contribution in [3.05, 3.63) is 0 Å². The third-order valence-electron chi connectivity index (χ3n) is 3.62. The summed E-state index contributed by atoms with van der Waals surface area (Å²) in [5.74, 6) is -1.11. The minimum Gasteiger partial charge on any atom is -0.480 e. The third-order valence-corrected chi connectivity index (χ3v) is 3.62. The maximum Gasteiger partial charge on any atom is 0.410 e. The molecule has 1 aliphatic rings. The van der Waals surface area contributed by atoms with Gasteiger partial charge in [-0.3, -0.25) is 4.79 Å². The minimum absolute atomic E-state index is 0.124. The molecule has 1 heterocycles. The average molecular weight is 286 g/mol. The van der Waals surface area contributed by atoms with E-state index in [0.29, 0.717) is 19.4 Å². The Morgan fingerprint density at radius 3 is 2.35 bits per heavy atom. The minimum atomic E-state index is -0.989. The molecular weight excluding hydrogens is 260 g/mol. The quantitative estimate of drug-likeness (QED) is 0.807. The van der Waals surface area contributed by atoms with Gasteiger partial charge < -0.3 is 20.5 Å². The zero-order valence-corrected chi connectivity index (χ0v) is 13.0. The fourth-order valence-corrected chi connectivity index (χ4v) is 2.62. The molecule has 1 rings (SSSR count). The third kappa shape index (κ3) is 4.10. The number of carbonyl (C=O) groups excluding carboxylic acids is 1. The molecule has 6 nitrogen and oxygen atoms in total. The molecule has 3 N–H and O–H groups in total. The van der Waals surface area contributed by atoms with Gasteiger partial charge in [-0.05, 0) is 53.4 Å². The van der Waals surface area contributed by atoms with E-state index < -0.39 is 23.2 Å². The highest BCUT2D eigenvalue weighted by molar-refractivity contribution is 5.74. The molecule has 20 heavy (non-hydrogen) atoms. The smallest absolute Gasteiger partial charge is 0.410 e. The van der Waals surface area contributed by atoms with Gasteiger partial charge in [0.15, 0.2) is 0 Å². The van der Waals surface area contributed by atoms with Gasteiger partial charge in [0.25, 0.3) is 0 Å². The molecular formula is C14H26N2O4. The standard InChI is InChI=1S/C14H26N2O4/c1-13(2,3)20-12(19)16-7-6-9(8-14(16,4)5)10(15)11(17)18/h9-10H,6-8,15H2,1-5H3,(H,17,18)/t9?,10-/m0/s1. The number of rotatable bonds is 2. The van der Waals surface area contributed by atoms with E-state index in [1.54, 1.807) is 4.90 Å². The second-order valence-electron chi connectivity index (χ2n) is 7.06. The molecule has 6 heteroatoms. The zero-order valence-electron chi connectivity index (χ0n) is 13.0. The highest BCUT2D eigenvalue weighted by atomic mass is 16.6. The number of carbonyl (C=O) groups is 2. The average Bonchev–Trinajstić information content (AvgIpc) is 2.23. The fraction of sp³-hybridized carbons (Fsp3) is 0.857. The van der Waals surface area contributed by atoms with Crippen molar-refractivity contribution in [3.8, 4) is 0 Å². The van der Waals surface area contributed by atoms with Crippen molar-refractivity contribution in [2.75, 3.05) is 6.54 Å². The van der Waals surface area contributed by atoms with Crippen LogP contribution in [0.25, 0.3) is 0 Å². The molecule has 2 atom stereocenters. The van der Waals surface area contributed by atoms with Crippen LogP contribution < -0.4 is 5.73 Å². The van der Waals surface area contributed by atoms with E-state index in [1.807, 2.05) is 34.6 Å². The van der Waals surface area contributed by atoms with Crippen LogP contribution in [0.2, 0.25) is 0 Å². The van der Waals surface area contributed by atoms with Gasteiger partial charge in [0.1, 0.15) is 11.6 Å². The summed E-state index contributed by atoms with van der Waals surface area (Å²) in [5.41, 5.74) is 4.70. The van der Waals surface area contributed by atoms with Crippen LogP contribution in [-0.2, 0) is 9.53 Å². The first-order valence-electron chi connectivity index (χ1n) is 6.93. The number of aliphatic carboxylic acids is 1. The Kier molecular flexibility index (Phi) is 4.69. The van der Waals surface area contributed by atoms with Crippen LogP contribution in [0.3, 0.4) is 0 Å². The lowest BCUT2D eigenvalue weighted by molar-refractivity contribution is -0.140. The Morgan fingerprint density at radius 2 is 1.95 bits per heavy atom. The summed E-state index contributed by atoms with van der Waals surface area (Å²) in [6.45, 7) is 9.77. The van der Waals surface area contributed by atoms with Crippen LogP contribution in [-0.4, -0.2) is 45.8 Å². The molecule has 0 aliphatic carbocycles. The largest absolute Gasteiger partial charge is 0.480 e. The SMILES string of the molecule is CC(C)(C)OC(=O)N1CCC([C@H](N)C(=O)O)CC1(C)C. The molecule has 0 aromatic rings. The summed E-state index contributed by atoms with van der Waals surface area (Å²) < 4.78 is 5.40. The summed E-state index contributed by atoms with van der Waals surface area (Å²) in [7, 11) is 0. The number of piperidine rings is 1. The predicted octanol–water partition coefficient (Wildman–Crippen LogP) is 1.82. The number of likely N-dealkylation sites (tertiary alicyclic amines) is 1. The number of carboxylic acid groups (broad SMARTS) is 1. The normalized spacial score (nSPS) is 24.1. The lowest BCUT2D eigenvalue weighted by atomic mass is 9.79. The first kappa shape index (κ1) is 16.8. The van der Waals surface area contributed by atoms with Crippen LogP contribution in [0.4, 0.5) is 4.79 Å². The summed E-state index contributed by atoms with van der Waals surface area (Å²) in [5, 5.41) is 9.00. The lowest BCUT2D eigenvalue weighted by Gasteiger charge is -2.46. The van der Waals surface area contributed by atoms with E-state index in [1.165, 1.54) is 0 Å². The highest BCUT2D eigenvalue weighted by Gasteiger charge is 2.42. The predicted molar refractivity (Wildman–Crippen MR) is 75.4 cm³/mol. The van der Waals surface area contributed by atoms with Crippen molar-refractivity contribution in [2.24, 2.45) is 11.7 Å². The Hall–Kier alpha value is -1.30. The number of hydrogen-bond donors (Lipinski definition) is 2. The first-order chi connectivity index (χ1) is 8.94. The Balaban J connectivity index is 2.76. The van der Waals surface area contributed by atoms with E-state index in [4.69, 9.17) is 15.6 Å². The first-order valence-corrected chi connectivity index (χ1v) is 6.93. The summed E-state index contributed by atoms with van der Waals surface area (Å²) in [6, 6.07) is -0.880. The molecule has 116 valence electrons. The van der Waals surface area contributed by atoms with Crippen molar-refractivity contribution >= 4 is 12.1 Å². The van der Waals surface area contributed by atoms with Gasteiger partial charge in [0.05, 0.1) is 0 Å². The Labute approximate surface area is 120 Å². The van der Waals surface area contributed by atoms with Crippen molar-refractivity contribution in [1.29, 1.82) is 0 Å². The van der Waals surface area contributed by atoms with Gasteiger partial charge in [-0.25, -0.2) is 4.79 Å². The molecule has 1 aliphatic heterocycles. The number of nitrogens with two attached hydrogens (primary N) is 1. The second kappa shape index (κ2) is 5.60. The molecule has 1 unspecified atom stereocenters.